The van der Waals surface area contributed by atoms with E-state index < -0.39 is 6.09 Å². The van der Waals surface area contributed by atoms with Crippen molar-refractivity contribution in [2.75, 3.05) is 13.1 Å². The molecule has 3 aromatic heterocycles. The van der Waals surface area contributed by atoms with Gasteiger partial charge >= 0.3 is 6.09 Å². The lowest BCUT2D eigenvalue weighted by molar-refractivity contribution is 0.132. The number of hydrogen-bond donors (Lipinski definition) is 2. The molecule has 0 aliphatic carbocycles. The van der Waals surface area contributed by atoms with Gasteiger partial charge in [0.1, 0.15) is 6.33 Å². The van der Waals surface area contributed by atoms with E-state index in [1.165, 1.54) is 27.0 Å². The van der Waals surface area contributed by atoms with Crippen molar-refractivity contribution in [2.24, 2.45) is 0 Å². The number of carboxylic acid groups (broad SMARTS) is 1. The molecule has 0 bridgehead atoms. The molecule has 1 aromatic carbocycles. The van der Waals surface area contributed by atoms with E-state index in [2.05, 4.69) is 66.3 Å². The van der Waals surface area contributed by atoms with Gasteiger partial charge in [-0.25, -0.2) is 14.3 Å². The third-order valence-corrected chi connectivity index (χ3v) is 6.80. The summed E-state index contributed by atoms with van der Waals surface area (Å²) in [6.45, 7) is 7.82. The van der Waals surface area contributed by atoms with Gasteiger partial charge in [-0.05, 0) is 66.0 Å². The highest BCUT2D eigenvalue weighted by atomic mass is 16.4. The topological polar surface area (TPSA) is 86.5 Å². The normalized spacial score (nSPS) is 15.3. The molecule has 0 spiro atoms. The number of nitrogens with zero attached hydrogens (tertiary/aromatic N) is 4. The fourth-order valence-electron chi connectivity index (χ4n) is 5.11. The van der Waals surface area contributed by atoms with Crippen molar-refractivity contribution in [1.29, 1.82) is 0 Å². The molecular weight excluding hydrogens is 402 g/mol. The molecule has 2 N–H and O–H groups in total. The van der Waals surface area contributed by atoms with Crippen LogP contribution in [0.1, 0.15) is 62.1 Å². The highest BCUT2D eigenvalue weighted by Gasteiger charge is 2.25. The summed E-state index contributed by atoms with van der Waals surface area (Å²) in [6, 6.07) is 8.92. The maximum atomic E-state index is 11.3. The average Bonchev–Trinajstić information content (AvgIpc) is 3.42. The number of carbonyl (C=O) groups is 1. The molecule has 166 valence electrons. The fourth-order valence-corrected chi connectivity index (χ4v) is 5.11. The molecule has 32 heavy (non-hydrogen) atoms. The predicted molar refractivity (Wildman–Crippen MR) is 125 cm³/mol. The van der Waals surface area contributed by atoms with Crippen LogP contribution in [-0.2, 0) is 6.42 Å². The van der Waals surface area contributed by atoms with E-state index in [1.807, 2.05) is 4.52 Å². The Hall–Kier alpha value is -3.35. The summed E-state index contributed by atoms with van der Waals surface area (Å²) in [5, 5.41) is 14.9. The zero-order valence-electron chi connectivity index (χ0n) is 18.8. The van der Waals surface area contributed by atoms with Crippen LogP contribution in [0.2, 0.25) is 0 Å². The number of rotatable bonds is 4. The van der Waals surface area contributed by atoms with Gasteiger partial charge in [0, 0.05) is 35.8 Å². The first-order valence-corrected chi connectivity index (χ1v) is 11.4. The molecule has 1 saturated heterocycles. The van der Waals surface area contributed by atoms with Crippen LogP contribution in [0, 0.1) is 0 Å². The Balaban J connectivity index is 1.58. The summed E-state index contributed by atoms with van der Waals surface area (Å²) in [6.07, 6.45) is 5.48. The second-order valence-electron chi connectivity index (χ2n) is 9.05. The van der Waals surface area contributed by atoms with Crippen LogP contribution in [0.25, 0.3) is 27.8 Å². The first-order chi connectivity index (χ1) is 15.5. The third-order valence-electron chi connectivity index (χ3n) is 6.80. The minimum atomic E-state index is -0.813. The third kappa shape index (κ3) is 3.42. The van der Waals surface area contributed by atoms with Crippen molar-refractivity contribution in [2.45, 2.75) is 51.9 Å². The molecule has 4 heterocycles. The molecule has 1 fully saturated rings. The lowest BCUT2D eigenvalue weighted by Gasteiger charge is -2.30. The van der Waals surface area contributed by atoms with E-state index in [0.717, 1.165) is 41.7 Å². The van der Waals surface area contributed by atoms with Crippen molar-refractivity contribution in [1.82, 2.24) is 24.5 Å². The zero-order valence-corrected chi connectivity index (χ0v) is 18.8. The summed E-state index contributed by atoms with van der Waals surface area (Å²) < 4.78 is 1.87. The number of likely N-dealkylation sites (tertiary alicyclic amines) is 1. The second-order valence-corrected chi connectivity index (χ2v) is 9.05. The van der Waals surface area contributed by atoms with Gasteiger partial charge < -0.3 is 15.0 Å². The number of aromatic nitrogens is 4. The van der Waals surface area contributed by atoms with E-state index in [4.69, 9.17) is 0 Å². The number of nitrogens with one attached hydrogen (secondary N) is 1. The number of fused-ring (bicyclic) bond motifs is 2. The number of pyridine rings is 1. The van der Waals surface area contributed by atoms with Crippen molar-refractivity contribution in [3.63, 3.8) is 0 Å². The summed E-state index contributed by atoms with van der Waals surface area (Å²) in [5.74, 6) is 0.742. The SMILES string of the molecule is CCc1cc(-c2[nH]c3ccc(C4CCN(C(=O)O)CC4)cc3c2C(C)C)cn2ncnc12. The largest absolute Gasteiger partial charge is 0.465 e. The molecule has 1 amide bonds. The van der Waals surface area contributed by atoms with E-state index in [1.54, 1.807) is 6.33 Å². The Morgan fingerprint density at radius 1 is 1.25 bits per heavy atom. The Kier molecular flexibility index (Phi) is 5.12. The van der Waals surface area contributed by atoms with Crippen molar-refractivity contribution >= 4 is 22.6 Å². The van der Waals surface area contributed by atoms with Crippen LogP contribution in [0.15, 0.2) is 36.8 Å². The Labute approximate surface area is 187 Å². The molecule has 7 heteroatoms. The van der Waals surface area contributed by atoms with Crippen molar-refractivity contribution in [3.8, 4) is 11.3 Å². The minimum absolute atomic E-state index is 0.347. The monoisotopic (exact) mass is 431 g/mol. The number of H-pyrrole nitrogens is 1. The van der Waals surface area contributed by atoms with E-state index in [0.29, 0.717) is 24.9 Å². The minimum Gasteiger partial charge on any atom is -0.465 e. The summed E-state index contributed by atoms with van der Waals surface area (Å²) in [4.78, 5) is 20.9. The summed E-state index contributed by atoms with van der Waals surface area (Å²) >= 11 is 0. The Bertz CT molecular complexity index is 1290. The molecule has 0 atom stereocenters. The van der Waals surface area contributed by atoms with Gasteiger partial charge in [-0.1, -0.05) is 26.8 Å². The quantitative estimate of drug-likeness (QED) is 0.452. The Morgan fingerprint density at radius 3 is 2.72 bits per heavy atom. The Morgan fingerprint density at radius 2 is 2.03 bits per heavy atom. The van der Waals surface area contributed by atoms with Gasteiger partial charge in [0.15, 0.2) is 5.65 Å². The van der Waals surface area contributed by atoms with E-state index in [9.17, 15) is 9.90 Å². The van der Waals surface area contributed by atoms with Crippen molar-refractivity contribution < 1.29 is 9.90 Å². The van der Waals surface area contributed by atoms with Gasteiger partial charge in [0.05, 0.1) is 5.69 Å². The molecular formula is C25H29N5O2. The maximum absolute atomic E-state index is 11.3. The highest BCUT2D eigenvalue weighted by molar-refractivity contribution is 5.92. The number of aromatic amines is 1. The zero-order chi connectivity index (χ0) is 22.4. The first-order valence-electron chi connectivity index (χ1n) is 11.4. The van der Waals surface area contributed by atoms with Gasteiger partial charge in [-0.3, -0.25) is 0 Å². The number of amides is 1. The van der Waals surface area contributed by atoms with Gasteiger partial charge in [-0.2, -0.15) is 5.10 Å². The fraction of sp³-hybridized carbons (Fsp3) is 0.400. The molecule has 7 nitrogen and oxygen atoms in total. The molecule has 1 aliphatic heterocycles. The van der Waals surface area contributed by atoms with Gasteiger partial charge in [0.25, 0.3) is 0 Å². The van der Waals surface area contributed by atoms with Crippen LogP contribution >= 0.6 is 0 Å². The van der Waals surface area contributed by atoms with Gasteiger partial charge in [0.2, 0.25) is 0 Å². The maximum Gasteiger partial charge on any atom is 0.407 e. The van der Waals surface area contributed by atoms with Crippen LogP contribution in [0.3, 0.4) is 0 Å². The lowest BCUT2D eigenvalue weighted by Crippen LogP contribution is -2.36. The standard InChI is InChI=1S/C25H29N5O2/c1-4-16-11-19(13-30-24(16)26-14-27-30)23-22(15(2)3)20-12-18(5-6-21(20)28-23)17-7-9-29(10-8-17)25(31)32/h5-6,11-15,17,28H,4,7-10H2,1-3H3,(H,31,32). The number of hydrogen-bond acceptors (Lipinski definition) is 3. The average molecular weight is 432 g/mol. The van der Waals surface area contributed by atoms with Crippen LogP contribution in [0.5, 0.6) is 0 Å². The lowest BCUT2D eigenvalue weighted by atomic mass is 9.87. The summed E-state index contributed by atoms with van der Waals surface area (Å²) in [5.41, 5.74) is 8.10. The van der Waals surface area contributed by atoms with E-state index >= 15 is 0 Å². The van der Waals surface area contributed by atoms with Crippen molar-refractivity contribution in [3.05, 3.63) is 53.5 Å². The van der Waals surface area contributed by atoms with Crippen LogP contribution in [-0.4, -0.2) is 48.8 Å². The second kappa shape index (κ2) is 7.97. The highest BCUT2D eigenvalue weighted by Crippen LogP contribution is 2.38. The molecule has 5 rings (SSSR count). The first kappa shape index (κ1) is 20.5. The van der Waals surface area contributed by atoms with E-state index in [-0.39, 0.29) is 0 Å². The predicted octanol–water partition coefficient (Wildman–Crippen LogP) is 5.42. The molecule has 0 radical (unpaired) electrons. The van der Waals surface area contributed by atoms with Gasteiger partial charge in [-0.15, -0.1) is 0 Å². The van der Waals surface area contributed by atoms with Crippen LogP contribution < -0.4 is 0 Å². The molecule has 1 aliphatic rings. The summed E-state index contributed by atoms with van der Waals surface area (Å²) in [7, 11) is 0. The smallest absolute Gasteiger partial charge is 0.407 e. The number of benzene rings is 1. The number of piperidine rings is 1. The molecule has 0 unspecified atom stereocenters. The molecule has 0 saturated carbocycles. The molecule has 4 aromatic rings. The van der Waals surface area contributed by atoms with Crippen LogP contribution in [0.4, 0.5) is 4.79 Å². The number of aryl methyl sites for hydroxylation is 1.